The Bertz CT molecular complexity index is 235. The van der Waals surface area contributed by atoms with Gasteiger partial charge in [-0.05, 0) is 43.8 Å². The van der Waals surface area contributed by atoms with Crippen LogP contribution in [0.25, 0.3) is 0 Å². The predicted octanol–water partition coefficient (Wildman–Crippen LogP) is 3.18. The molecule has 0 saturated carbocycles. The molecule has 0 amide bonds. The third-order valence-corrected chi connectivity index (χ3v) is 2.90. The Kier molecular flexibility index (Phi) is 2.20. The molecule has 0 bridgehead atoms. The quantitative estimate of drug-likeness (QED) is 0.578. The van der Waals surface area contributed by atoms with E-state index in [1.54, 1.807) is 18.3 Å². The van der Waals surface area contributed by atoms with Crippen LogP contribution in [-0.2, 0) is 4.74 Å². The number of rotatable bonds is 1. The minimum Gasteiger partial charge on any atom is -0.501 e. The van der Waals surface area contributed by atoms with Crippen molar-refractivity contribution in [2.75, 3.05) is 7.11 Å². The number of allylic oxidation sites excluding steroid dienone is 4. The molecule has 0 aromatic heterocycles. The first kappa shape index (κ1) is 7.90. The summed E-state index contributed by atoms with van der Waals surface area (Å²) in [6, 6.07) is 0. The van der Waals surface area contributed by atoms with Crippen molar-refractivity contribution in [1.29, 1.82) is 0 Å². The Hall–Kier alpha value is -0.720. The second-order valence-corrected chi connectivity index (χ2v) is 3.65. The van der Waals surface area contributed by atoms with Crippen LogP contribution in [-0.4, -0.2) is 7.11 Å². The highest BCUT2D eigenvalue weighted by molar-refractivity contribution is 5.33. The molecule has 0 atom stereocenters. The summed E-state index contributed by atoms with van der Waals surface area (Å²) in [6.07, 6.45) is 10.0. The molecule has 66 valence electrons. The summed E-state index contributed by atoms with van der Waals surface area (Å²) in [6.45, 7) is 0. The van der Waals surface area contributed by atoms with Crippen LogP contribution in [0.1, 0.15) is 38.5 Å². The minimum absolute atomic E-state index is 1.12. The van der Waals surface area contributed by atoms with Crippen molar-refractivity contribution in [2.45, 2.75) is 38.5 Å². The van der Waals surface area contributed by atoms with E-state index in [0.29, 0.717) is 0 Å². The first-order valence-electron chi connectivity index (χ1n) is 4.85. The van der Waals surface area contributed by atoms with E-state index in [4.69, 9.17) is 4.74 Å². The zero-order valence-electron chi connectivity index (χ0n) is 7.73. The first-order chi connectivity index (χ1) is 5.90. The molecule has 0 fully saturated rings. The summed E-state index contributed by atoms with van der Waals surface area (Å²) < 4.78 is 5.27. The van der Waals surface area contributed by atoms with Crippen LogP contribution < -0.4 is 0 Å². The van der Waals surface area contributed by atoms with Gasteiger partial charge in [0.2, 0.25) is 0 Å². The molecule has 0 radical (unpaired) electrons. The Morgan fingerprint density at radius 3 is 2.75 bits per heavy atom. The van der Waals surface area contributed by atoms with Gasteiger partial charge in [-0.15, -0.1) is 0 Å². The van der Waals surface area contributed by atoms with Gasteiger partial charge < -0.3 is 4.74 Å². The summed E-state index contributed by atoms with van der Waals surface area (Å²) in [4.78, 5) is 0. The zero-order valence-corrected chi connectivity index (χ0v) is 7.73. The lowest BCUT2D eigenvalue weighted by Gasteiger charge is -2.23. The smallest absolute Gasteiger partial charge is 0.0961 e. The lowest BCUT2D eigenvalue weighted by Crippen LogP contribution is -2.05. The minimum atomic E-state index is 1.12. The van der Waals surface area contributed by atoms with Gasteiger partial charge in [0, 0.05) is 6.42 Å². The lowest BCUT2D eigenvalue weighted by atomic mass is 9.85. The maximum atomic E-state index is 5.27. The van der Waals surface area contributed by atoms with Gasteiger partial charge >= 0.3 is 0 Å². The van der Waals surface area contributed by atoms with Crippen LogP contribution in [0.3, 0.4) is 0 Å². The third kappa shape index (κ3) is 1.40. The molecule has 1 heteroatoms. The van der Waals surface area contributed by atoms with Gasteiger partial charge in [-0.3, -0.25) is 0 Å². The van der Waals surface area contributed by atoms with Gasteiger partial charge in [0.05, 0.1) is 12.9 Å². The first-order valence-corrected chi connectivity index (χ1v) is 4.85. The van der Waals surface area contributed by atoms with E-state index in [2.05, 4.69) is 6.08 Å². The molecule has 2 rings (SSSR count). The average molecular weight is 164 g/mol. The molecule has 2 aliphatic rings. The van der Waals surface area contributed by atoms with Crippen LogP contribution in [0.15, 0.2) is 23.0 Å². The second-order valence-electron chi connectivity index (χ2n) is 3.65. The Morgan fingerprint density at radius 2 is 1.92 bits per heavy atom. The average Bonchev–Trinajstić information content (AvgIpc) is 2.17. The van der Waals surface area contributed by atoms with Gasteiger partial charge in [0.1, 0.15) is 0 Å². The molecular formula is C11H16O. The fourth-order valence-electron chi connectivity index (χ4n) is 2.15. The summed E-state index contributed by atoms with van der Waals surface area (Å²) in [5, 5.41) is 0. The highest BCUT2D eigenvalue weighted by atomic mass is 16.5. The normalized spacial score (nSPS) is 23.2. The Labute approximate surface area is 74.1 Å². The Balaban J connectivity index is 2.20. The van der Waals surface area contributed by atoms with Crippen molar-refractivity contribution in [3.05, 3.63) is 23.0 Å². The van der Waals surface area contributed by atoms with Crippen molar-refractivity contribution in [3.8, 4) is 0 Å². The number of methoxy groups -OCH3 is 1. The van der Waals surface area contributed by atoms with Crippen molar-refractivity contribution in [3.63, 3.8) is 0 Å². The molecule has 0 saturated heterocycles. The summed E-state index contributed by atoms with van der Waals surface area (Å²) in [7, 11) is 1.78. The predicted molar refractivity (Wildman–Crippen MR) is 49.8 cm³/mol. The molecule has 0 aromatic rings. The fourth-order valence-corrected chi connectivity index (χ4v) is 2.15. The largest absolute Gasteiger partial charge is 0.501 e. The maximum absolute atomic E-state index is 5.27. The van der Waals surface area contributed by atoms with Crippen molar-refractivity contribution >= 4 is 0 Å². The standard InChI is InChI=1S/C11H16O/c1-12-11-7-6-9-4-2-3-5-10(9)8-11/h8H,2-7H2,1H3. The molecule has 2 aliphatic carbocycles. The van der Waals surface area contributed by atoms with Gasteiger partial charge in [-0.25, -0.2) is 0 Å². The second kappa shape index (κ2) is 3.34. The zero-order chi connectivity index (χ0) is 8.39. The van der Waals surface area contributed by atoms with Crippen LogP contribution in [0.2, 0.25) is 0 Å². The molecule has 1 nitrogen and oxygen atoms in total. The fraction of sp³-hybridized carbons (Fsp3) is 0.636. The highest BCUT2D eigenvalue weighted by Gasteiger charge is 2.16. The van der Waals surface area contributed by atoms with E-state index in [-0.39, 0.29) is 0 Å². The molecular weight excluding hydrogens is 148 g/mol. The molecule has 0 spiro atoms. The number of ether oxygens (including phenoxy) is 1. The Morgan fingerprint density at radius 1 is 1.08 bits per heavy atom. The van der Waals surface area contributed by atoms with E-state index in [1.807, 2.05) is 0 Å². The summed E-state index contributed by atoms with van der Waals surface area (Å²) in [5.74, 6) is 1.18. The monoisotopic (exact) mass is 164 g/mol. The highest BCUT2D eigenvalue weighted by Crippen LogP contribution is 2.34. The van der Waals surface area contributed by atoms with Gasteiger partial charge in [-0.2, -0.15) is 0 Å². The molecule has 0 N–H and O–H groups in total. The van der Waals surface area contributed by atoms with Crippen molar-refractivity contribution in [1.82, 2.24) is 0 Å². The van der Waals surface area contributed by atoms with Crippen LogP contribution in [0.4, 0.5) is 0 Å². The molecule has 0 heterocycles. The van der Waals surface area contributed by atoms with Gasteiger partial charge in [0.15, 0.2) is 0 Å². The van der Waals surface area contributed by atoms with Crippen LogP contribution in [0, 0.1) is 0 Å². The SMILES string of the molecule is COC1=CC2=C(CCCC2)CC1. The van der Waals surface area contributed by atoms with E-state index in [0.717, 1.165) is 6.42 Å². The maximum Gasteiger partial charge on any atom is 0.0961 e. The lowest BCUT2D eigenvalue weighted by molar-refractivity contribution is 0.273. The number of hydrogen-bond acceptors (Lipinski definition) is 1. The summed E-state index contributed by atoms with van der Waals surface area (Å²) in [5.41, 5.74) is 3.27. The summed E-state index contributed by atoms with van der Waals surface area (Å²) >= 11 is 0. The molecule has 0 unspecified atom stereocenters. The van der Waals surface area contributed by atoms with E-state index in [1.165, 1.54) is 37.9 Å². The van der Waals surface area contributed by atoms with Gasteiger partial charge in [-0.1, -0.05) is 5.57 Å². The van der Waals surface area contributed by atoms with Crippen LogP contribution >= 0.6 is 0 Å². The van der Waals surface area contributed by atoms with Crippen molar-refractivity contribution in [2.24, 2.45) is 0 Å². The number of hydrogen-bond donors (Lipinski definition) is 0. The molecule has 12 heavy (non-hydrogen) atoms. The van der Waals surface area contributed by atoms with Crippen LogP contribution in [0.5, 0.6) is 0 Å². The van der Waals surface area contributed by atoms with E-state index < -0.39 is 0 Å². The van der Waals surface area contributed by atoms with E-state index in [9.17, 15) is 0 Å². The van der Waals surface area contributed by atoms with E-state index >= 15 is 0 Å². The van der Waals surface area contributed by atoms with Gasteiger partial charge in [0.25, 0.3) is 0 Å². The topological polar surface area (TPSA) is 9.23 Å². The van der Waals surface area contributed by atoms with Crippen molar-refractivity contribution < 1.29 is 4.74 Å². The third-order valence-electron chi connectivity index (χ3n) is 2.90. The molecule has 0 aliphatic heterocycles. The molecule has 0 aromatic carbocycles.